The summed E-state index contributed by atoms with van der Waals surface area (Å²) in [6, 6.07) is 15.3. The lowest BCUT2D eigenvalue weighted by atomic mass is 9.96. The van der Waals surface area contributed by atoms with Gasteiger partial charge in [0.15, 0.2) is 0 Å². The molecule has 0 aliphatic rings. The molecule has 1 heterocycles. The summed E-state index contributed by atoms with van der Waals surface area (Å²) in [5.41, 5.74) is 1.33. The van der Waals surface area contributed by atoms with Crippen LogP contribution >= 0.6 is 0 Å². The molecule has 3 aromatic rings. The van der Waals surface area contributed by atoms with Gasteiger partial charge in [0, 0.05) is 31.4 Å². The van der Waals surface area contributed by atoms with Crippen molar-refractivity contribution < 1.29 is 0 Å². The number of fused-ring (bicyclic) bond motifs is 1. The Morgan fingerprint density at radius 2 is 1.95 bits per heavy atom. The molecule has 3 nitrogen and oxygen atoms in total. The van der Waals surface area contributed by atoms with E-state index < -0.39 is 0 Å². The second-order valence-electron chi connectivity index (χ2n) is 5.24. The Morgan fingerprint density at radius 1 is 1.14 bits per heavy atom. The maximum Gasteiger partial charge on any atom is 0.110 e. The van der Waals surface area contributed by atoms with Gasteiger partial charge in [0.2, 0.25) is 0 Å². The zero-order valence-electron chi connectivity index (χ0n) is 12.6. The number of imidazole rings is 1. The smallest absolute Gasteiger partial charge is 0.110 e. The van der Waals surface area contributed by atoms with Crippen LogP contribution in [0.1, 0.15) is 24.4 Å². The van der Waals surface area contributed by atoms with E-state index in [1.165, 1.54) is 16.3 Å². The first kappa shape index (κ1) is 13.8. The van der Waals surface area contributed by atoms with Gasteiger partial charge in [-0.2, -0.15) is 0 Å². The highest BCUT2D eigenvalue weighted by Gasteiger charge is 2.15. The summed E-state index contributed by atoms with van der Waals surface area (Å²) in [6.07, 6.45) is 4.82. The highest BCUT2D eigenvalue weighted by molar-refractivity contribution is 5.86. The molecule has 0 fully saturated rings. The minimum absolute atomic E-state index is 0.267. The molecule has 21 heavy (non-hydrogen) atoms. The Kier molecular flexibility index (Phi) is 4.02. The van der Waals surface area contributed by atoms with Crippen molar-refractivity contribution in [2.75, 3.05) is 7.05 Å². The Labute approximate surface area is 125 Å². The largest absolute Gasteiger partial charge is 0.335 e. The van der Waals surface area contributed by atoms with Crippen molar-refractivity contribution >= 4 is 10.8 Å². The second-order valence-corrected chi connectivity index (χ2v) is 5.24. The predicted molar refractivity (Wildman–Crippen MR) is 87.4 cm³/mol. The number of rotatable bonds is 5. The summed E-state index contributed by atoms with van der Waals surface area (Å²) in [4.78, 5) is 4.50. The Balaban J connectivity index is 1.99. The van der Waals surface area contributed by atoms with Crippen molar-refractivity contribution in [2.45, 2.75) is 25.9 Å². The highest BCUT2D eigenvalue weighted by atomic mass is 15.1. The van der Waals surface area contributed by atoms with E-state index in [2.05, 4.69) is 64.3 Å². The van der Waals surface area contributed by atoms with Gasteiger partial charge in [-0.3, -0.25) is 0 Å². The van der Waals surface area contributed by atoms with Gasteiger partial charge in [-0.25, -0.2) is 4.98 Å². The van der Waals surface area contributed by atoms with Gasteiger partial charge in [-0.05, 0) is 30.3 Å². The summed E-state index contributed by atoms with van der Waals surface area (Å²) >= 11 is 0. The van der Waals surface area contributed by atoms with E-state index in [0.29, 0.717) is 0 Å². The summed E-state index contributed by atoms with van der Waals surface area (Å²) in [7, 11) is 2.02. The number of nitrogens with zero attached hydrogens (tertiary/aromatic N) is 2. The highest BCUT2D eigenvalue weighted by Crippen LogP contribution is 2.26. The van der Waals surface area contributed by atoms with Crippen LogP contribution in [0.2, 0.25) is 0 Å². The predicted octanol–water partition coefficient (Wildman–Crippen LogP) is 3.56. The molecule has 0 aliphatic carbocycles. The molecule has 0 radical (unpaired) electrons. The Bertz CT molecular complexity index is 725. The first-order valence-corrected chi connectivity index (χ1v) is 7.48. The lowest BCUT2D eigenvalue weighted by molar-refractivity contribution is 0.556. The van der Waals surface area contributed by atoms with Gasteiger partial charge in [-0.1, -0.05) is 42.5 Å². The fraction of sp³-hybridized carbons (Fsp3) is 0.278. The zero-order valence-corrected chi connectivity index (χ0v) is 12.6. The fourth-order valence-electron chi connectivity index (χ4n) is 2.92. The van der Waals surface area contributed by atoms with Gasteiger partial charge in [0.25, 0.3) is 0 Å². The van der Waals surface area contributed by atoms with Crippen LogP contribution in [0, 0.1) is 0 Å². The van der Waals surface area contributed by atoms with Gasteiger partial charge < -0.3 is 9.88 Å². The fourth-order valence-corrected chi connectivity index (χ4v) is 2.92. The van der Waals surface area contributed by atoms with Crippen LogP contribution in [-0.4, -0.2) is 16.6 Å². The van der Waals surface area contributed by atoms with Crippen LogP contribution in [0.3, 0.4) is 0 Å². The van der Waals surface area contributed by atoms with Crippen LogP contribution in [0.15, 0.2) is 54.9 Å². The van der Waals surface area contributed by atoms with Gasteiger partial charge in [0.1, 0.15) is 5.82 Å². The molecule has 0 saturated heterocycles. The van der Waals surface area contributed by atoms with Gasteiger partial charge in [-0.15, -0.1) is 0 Å². The van der Waals surface area contributed by atoms with Crippen LogP contribution in [-0.2, 0) is 13.0 Å². The Hall–Kier alpha value is -2.13. The van der Waals surface area contributed by atoms with Crippen molar-refractivity contribution in [3.8, 4) is 0 Å². The van der Waals surface area contributed by atoms with Crippen molar-refractivity contribution in [1.82, 2.24) is 14.9 Å². The standard InChI is InChI=1S/C18H21N3/c1-3-21-12-11-20-18(21)13-17(19-2)16-10-6-8-14-7-4-5-9-15(14)16/h4-12,17,19H,3,13H2,1-2H3. The van der Waals surface area contributed by atoms with Crippen LogP contribution in [0.25, 0.3) is 10.8 Å². The number of hydrogen-bond acceptors (Lipinski definition) is 2. The minimum atomic E-state index is 0.267. The summed E-state index contributed by atoms with van der Waals surface area (Å²) in [5, 5.41) is 6.05. The summed E-state index contributed by atoms with van der Waals surface area (Å²) < 4.78 is 2.20. The molecular formula is C18H21N3. The van der Waals surface area contributed by atoms with Crippen LogP contribution in [0.5, 0.6) is 0 Å². The topological polar surface area (TPSA) is 29.9 Å². The van der Waals surface area contributed by atoms with Crippen molar-refractivity contribution in [3.05, 3.63) is 66.2 Å². The maximum absolute atomic E-state index is 4.50. The SMILES string of the molecule is CCn1ccnc1CC(NC)c1cccc2ccccc12. The third-order valence-electron chi connectivity index (χ3n) is 4.08. The molecular weight excluding hydrogens is 258 g/mol. The summed E-state index contributed by atoms with van der Waals surface area (Å²) in [5.74, 6) is 1.13. The molecule has 0 aliphatic heterocycles. The quantitative estimate of drug-likeness (QED) is 0.774. The molecule has 1 aromatic heterocycles. The Morgan fingerprint density at radius 3 is 2.76 bits per heavy atom. The molecule has 0 amide bonds. The van der Waals surface area contributed by atoms with E-state index in [9.17, 15) is 0 Å². The number of hydrogen-bond donors (Lipinski definition) is 1. The summed E-state index contributed by atoms with van der Waals surface area (Å²) in [6.45, 7) is 3.11. The zero-order chi connectivity index (χ0) is 14.7. The molecule has 108 valence electrons. The van der Waals surface area contributed by atoms with Crippen LogP contribution in [0.4, 0.5) is 0 Å². The molecule has 1 atom stereocenters. The van der Waals surface area contributed by atoms with E-state index in [0.717, 1.165) is 18.8 Å². The number of aromatic nitrogens is 2. The van der Waals surface area contributed by atoms with Crippen molar-refractivity contribution in [2.24, 2.45) is 0 Å². The van der Waals surface area contributed by atoms with Gasteiger partial charge >= 0.3 is 0 Å². The molecule has 0 saturated carbocycles. The maximum atomic E-state index is 4.50. The third-order valence-corrected chi connectivity index (χ3v) is 4.08. The monoisotopic (exact) mass is 279 g/mol. The first-order valence-electron chi connectivity index (χ1n) is 7.48. The van der Waals surface area contributed by atoms with E-state index in [1.54, 1.807) is 0 Å². The lowest BCUT2D eigenvalue weighted by Gasteiger charge is -2.19. The first-order chi connectivity index (χ1) is 10.3. The average molecular weight is 279 g/mol. The van der Waals surface area contributed by atoms with Crippen molar-refractivity contribution in [1.29, 1.82) is 0 Å². The van der Waals surface area contributed by atoms with E-state index in [4.69, 9.17) is 0 Å². The second kappa shape index (κ2) is 6.10. The molecule has 3 rings (SSSR count). The van der Waals surface area contributed by atoms with Crippen molar-refractivity contribution in [3.63, 3.8) is 0 Å². The minimum Gasteiger partial charge on any atom is -0.335 e. The van der Waals surface area contributed by atoms with E-state index in [1.807, 2.05) is 19.4 Å². The number of likely N-dealkylation sites (N-methyl/N-ethyl adjacent to an activating group) is 1. The number of benzene rings is 2. The van der Waals surface area contributed by atoms with Crippen LogP contribution < -0.4 is 5.32 Å². The molecule has 2 aromatic carbocycles. The van der Waals surface area contributed by atoms with E-state index in [-0.39, 0.29) is 6.04 Å². The normalized spacial score (nSPS) is 12.7. The molecule has 1 unspecified atom stereocenters. The average Bonchev–Trinajstić information content (AvgIpc) is 2.99. The number of nitrogens with one attached hydrogen (secondary N) is 1. The van der Waals surface area contributed by atoms with Gasteiger partial charge in [0.05, 0.1) is 0 Å². The lowest BCUT2D eigenvalue weighted by Crippen LogP contribution is -2.21. The molecule has 1 N–H and O–H groups in total. The molecule has 0 spiro atoms. The van der Waals surface area contributed by atoms with E-state index >= 15 is 0 Å². The third kappa shape index (κ3) is 2.69. The molecule has 3 heteroatoms. The molecule has 0 bridgehead atoms. The number of aryl methyl sites for hydroxylation is 1.